The molecule has 33 heavy (non-hydrogen) atoms. The molecule has 3 aromatic rings. The summed E-state index contributed by atoms with van der Waals surface area (Å²) in [6.45, 7) is 0.488. The highest BCUT2D eigenvalue weighted by Gasteiger charge is 2.07. The lowest BCUT2D eigenvalue weighted by atomic mass is 10.0. The van der Waals surface area contributed by atoms with Gasteiger partial charge in [0.25, 0.3) is 0 Å². The molecule has 0 bridgehead atoms. The molecule has 1 aromatic heterocycles. The first-order valence-corrected chi connectivity index (χ1v) is 12.1. The van der Waals surface area contributed by atoms with Crippen LogP contribution in [0.1, 0.15) is 24.0 Å². The number of Topliss-reactive ketones (excluding diaryl/α,β-unsaturated/α-hetero) is 1. The lowest BCUT2D eigenvalue weighted by Crippen LogP contribution is -2.15. The fraction of sp³-hybridized carbons (Fsp3) is 0.217. The van der Waals surface area contributed by atoms with Crippen molar-refractivity contribution in [1.29, 1.82) is 5.41 Å². The van der Waals surface area contributed by atoms with Gasteiger partial charge in [-0.25, -0.2) is 18.4 Å². The highest BCUT2D eigenvalue weighted by molar-refractivity contribution is 7.92. The predicted octanol–water partition coefficient (Wildman–Crippen LogP) is 2.95. The molecule has 9 nitrogen and oxygen atoms in total. The van der Waals surface area contributed by atoms with Crippen molar-refractivity contribution < 1.29 is 13.2 Å². The van der Waals surface area contributed by atoms with Gasteiger partial charge in [0.2, 0.25) is 16.0 Å². The number of carbonyl (C=O) groups excluding carboxylic acids is 1. The van der Waals surface area contributed by atoms with Crippen molar-refractivity contribution in [3.8, 4) is 11.1 Å². The van der Waals surface area contributed by atoms with Gasteiger partial charge in [0.05, 0.1) is 18.5 Å². The van der Waals surface area contributed by atoms with E-state index in [2.05, 4.69) is 20.0 Å². The van der Waals surface area contributed by atoms with Crippen LogP contribution in [0.3, 0.4) is 0 Å². The Morgan fingerprint density at radius 1 is 1.03 bits per heavy atom. The zero-order valence-electron chi connectivity index (χ0n) is 18.2. The third kappa shape index (κ3) is 8.00. The van der Waals surface area contributed by atoms with Gasteiger partial charge in [-0.15, -0.1) is 0 Å². The number of nitrogens with one attached hydrogen (secondary N) is 3. The Kier molecular flexibility index (Phi) is 7.73. The number of anilines is 2. The number of amidine groups is 1. The average Bonchev–Trinajstić information content (AvgIpc) is 2.76. The van der Waals surface area contributed by atoms with Gasteiger partial charge in [-0.3, -0.25) is 14.9 Å². The Morgan fingerprint density at radius 3 is 2.36 bits per heavy atom. The molecule has 3 rings (SSSR count). The molecule has 0 aliphatic carbocycles. The number of benzene rings is 2. The summed E-state index contributed by atoms with van der Waals surface area (Å²) in [5.41, 5.74) is 9.56. The minimum Gasteiger partial charge on any atom is -0.387 e. The van der Waals surface area contributed by atoms with Crippen molar-refractivity contribution in [3.05, 3.63) is 72.1 Å². The number of nitrogens with two attached hydrogens (primary N) is 1. The third-order valence-corrected chi connectivity index (χ3v) is 5.31. The van der Waals surface area contributed by atoms with E-state index in [1.165, 1.54) is 0 Å². The van der Waals surface area contributed by atoms with Gasteiger partial charge < -0.3 is 11.1 Å². The maximum atomic E-state index is 11.8. The number of ketones is 1. The van der Waals surface area contributed by atoms with Gasteiger partial charge in [-0.05, 0) is 35.2 Å². The highest BCUT2D eigenvalue weighted by Crippen LogP contribution is 2.21. The van der Waals surface area contributed by atoms with Crippen molar-refractivity contribution in [2.24, 2.45) is 5.73 Å². The van der Waals surface area contributed by atoms with E-state index in [1.54, 1.807) is 24.5 Å². The summed E-state index contributed by atoms with van der Waals surface area (Å²) in [5.74, 6) is 0.316. The zero-order valence-corrected chi connectivity index (χ0v) is 19.0. The van der Waals surface area contributed by atoms with Crippen LogP contribution in [0.4, 0.5) is 11.6 Å². The summed E-state index contributed by atoms with van der Waals surface area (Å²) in [4.78, 5) is 20.5. The van der Waals surface area contributed by atoms with E-state index in [9.17, 15) is 13.2 Å². The van der Waals surface area contributed by atoms with Crippen molar-refractivity contribution in [1.82, 2.24) is 9.97 Å². The number of sulfonamides is 1. The summed E-state index contributed by atoms with van der Waals surface area (Å²) in [7, 11) is -3.30. The fourth-order valence-electron chi connectivity index (χ4n) is 3.15. The van der Waals surface area contributed by atoms with Crippen molar-refractivity contribution in [3.63, 3.8) is 0 Å². The summed E-state index contributed by atoms with van der Waals surface area (Å²) in [6, 6.07) is 14.9. The Morgan fingerprint density at radius 2 is 1.73 bits per heavy atom. The van der Waals surface area contributed by atoms with Crippen molar-refractivity contribution in [2.45, 2.75) is 25.8 Å². The van der Waals surface area contributed by atoms with Gasteiger partial charge >= 0.3 is 0 Å². The predicted molar refractivity (Wildman–Crippen MR) is 130 cm³/mol. The van der Waals surface area contributed by atoms with E-state index in [0.717, 1.165) is 28.5 Å². The van der Waals surface area contributed by atoms with Crippen LogP contribution < -0.4 is 15.8 Å². The quantitative estimate of drug-likeness (QED) is 0.250. The molecule has 0 radical (unpaired) electrons. The zero-order chi connectivity index (χ0) is 23.8. The lowest BCUT2D eigenvalue weighted by Gasteiger charge is -2.08. The molecular formula is C23H26N6O3S. The largest absolute Gasteiger partial charge is 0.387 e. The van der Waals surface area contributed by atoms with Gasteiger partial charge in [0, 0.05) is 36.6 Å². The Balaban J connectivity index is 1.57. The molecule has 0 amide bonds. The monoisotopic (exact) mass is 466 g/mol. The van der Waals surface area contributed by atoms with Crippen LogP contribution in [0, 0.1) is 5.41 Å². The Bertz CT molecular complexity index is 1230. The van der Waals surface area contributed by atoms with Gasteiger partial charge in [0.1, 0.15) is 5.78 Å². The fourth-order valence-corrected chi connectivity index (χ4v) is 3.71. The molecule has 0 aliphatic heterocycles. The molecule has 0 saturated carbocycles. The van der Waals surface area contributed by atoms with Gasteiger partial charge in [-0.2, -0.15) is 0 Å². The van der Waals surface area contributed by atoms with E-state index in [4.69, 9.17) is 11.1 Å². The number of carbonyl (C=O) groups is 1. The maximum absolute atomic E-state index is 11.8. The molecule has 1 heterocycles. The van der Waals surface area contributed by atoms with Gasteiger partial charge in [-0.1, -0.05) is 36.4 Å². The Hall–Kier alpha value is -3.79. The van der Waals surface area contributed by atoms with E-state index < -0.39 is 10.0 Å². The average molecular weight is 467 g/mol. The second-order valence-corrected chi connectivity index (χ2v) is 9.41. The number of nitrogens with zero attached hydrogens (tertiary/aromatic N) is 2. The molecule has 0 saturated heterocycles. The van der Waals surface area contributed by atoms with Crippen LogP contribution in [0.15, 0.2) is 60.9 Å². The van der Waals surface area contributed by atoms with E-state index in [-0.39, 0.29) is 18.0 Å². The maximum Gasteiger partial charge on any atom is 0.229 e. The Labute approximate surface area is 193 Å². The van der Waals surface area contributed by atoms with Crippen LogP contribution in [0.2, 0.25) is 0 Å². The molecule has 0 atom stereocenters. The van der Waals surface area contributed by atoms with Crippen LogP contribution in [-0.2, 0) is 27.8 Å². The lowest BCUT2D eigenvalue weighted by molar-refractivity contribution is -0.117. The number of rotatable bonds is 11. The smallest absolute Gasteiger partial charge is 0.229 e. The molecule has 0 unspecified atom stereocenters. The van der Waals surface area contributed by atoms with E-state index in [0.29, 0.717) is 31.0 Å². The van der Waals surface area contributed by atoms with Crippen LogP contribution in [-0.4, -0.2) is 36.3 Å². The minimum absolute atomic E-state index is 0.0102. The second-order valence-electron chi connectivity index (χ2n) is 7.66. The number of aromatic nitrogens is 2. The molecule has 172 valence electrons. The van der Waals surface area contributed by atoms with Crippen LogP contribution in [0.5, 0.6) is 0 Å². The van der Waals surface area contributed by atoms with Crippen LogP contribution >= 0.6 is 0 Å². The van der Waals surface area contributed by atoms with Crippen molar-refractivity contribution in [2.75, 3.05) is 16.3 Å². The molecule has 0 aliphatic rings. The topological polar surface area (TPSA) is 151 Å². The van der Waals surface area contributed by atoms with E-state index in [1.807, 2.05) is 36.4 Å². The number of aryl methyl sites for hydroxylation is 1. The number of hydrogen-bond acceptors (Lipinski definition) is 7. The SMILES string of the molecule is CS(=O)(=O)Nc1ccc(CNc2ncc(-c3cccc(CCC(=O)CC(=N)N)c3)cn2)cc1. The summed E-state index contributed by atoms with van der Waals surface area (Å²) in [5, 5.41) is 10.3. The minimum atomic E-state index is -3.30. The molecule has 10 heteroatoms. The number of hydrogen-bond donors (Lipinski definition) is 4. The first kappa shape index (κ1) is 23.9. The highest BCUT2D eigenvalue weighted by atomic mass is 32.2. The van der Waals surface area contributed by atoms with Crippen molar-refractivity contribution >= 4 is 33.3 Å². The molecule has 0 spiro atoms. The molecule has 0 fully saturated rings. The second kappa shape index (κ2) is 10.7. The summed E-state index contributed by atoms with van der Waals surface area (Å²) >= 11 is 0. The summed E-state index contributed by atoms with van der Waals surface area (Å²) in [6.07, 6.45) is 5.48. The molecule has 5 N–H and O–H groups in total. The summed E-state index contributed by atoms with van der Waals surface area (Å²) < 4.78 is 25.0. The van der Waals surface area contributed by atoms with Gasteiger partial charge in [0.15, 0.2) is 0 Å². The van der Waals surface area contributed by atoms with Crippen LogP contribution in [0.25, 0.3) is 11.1 Å². The first-order valence-electron chi connectivity index (χ1n) is 10.2. The van der Waals surface area contributed by atoms with E-state index >= 15 is 0 Å². The normalized spacial score (nSPS) is 11.1. The first-order chi connectivity index (χ1) is 15.7. The molecule has 2 aromatic carbocycles. The third-order valence-electron chi connectivity index (χ3n) is 4.70. The standard InChI is InChI=1S/C23H26N6O3S/c1-33(31,32)29-20-8-5-17(6-9-20)13-26-23-27-14-19(15-28-23)18-4-2-3-16(11-18)7-10-21(30)12-22(24)25/h2-6,8-9,11,14-15,29H,7,10,12-13H2,1H3,(H3,24,25)(H,26,27,28). The molecular weight excluding hydrogens is 440 g/mol.